The SMILES string of the molecule is Nc1cc(O)ccc1Oc1ccc(O)cc1N. The van der Waals surface area contributed by atoms with Crippen LogP contribution in [-0.2, 0) is 0 Å². The number of aromatic hydroxyl groups is 2. The molecule has 6 N–H and O–H groups in total. The molecule has 0 aromatic heterocycles. The van der Waals surface area contributed by atoms with E-state index in [9.17, 15) is 10.2 Å². The third-order valence-corrected chi connectivity index (χ3v) is 2.21. The largest absolute Gasteiger partial charge is 0.508 e. The van der Waals surface area contributed by atoms with Gasteiger partial charge in [0, 0.05) is 12.1 Å². The lowest BCUT2D eigenvalue weighted by Crippen LogP contribution is -1.95. The van der Waals surface area contributed by atoms with Gasteiger partial charge in [-0.05, 0) is 24.3 Å². The molecule has 0 unspecified atom stereocenters. The highest BCUT2D eigenvalue weighted by molar-refractivity contribution is 5.61. The number of hydrogen-bond donors (Lipinski definition) is 4. The molecule has 0 aliphatic rings. The summed E-state index contributed by atoms with van der Waals surface area (Å²) in [6.07, 6.45) is 0. The van der Waals surface area contributed by atoms with Gasteiger partial charge in [0.15, 0.2) is 11.5 Å². The minimum absolute atomic E-state index is 0.0635. The predicted molar refractivity (Wildman–Crippen MR) is 65.1 cm³/mol. The fraction of sp³-hybridized carbons (Fsp3) is 0. The maximum Gasteiger partial charge on any atom is 0.150 e. The lowest BCUT2D eigenvalue weighted by molar-refractivity contribution is 0.462. The Balaban J connectivity index is 2.31. The van der Waals surface area contributed by atoms with Crippen LogP contribution in [0.4, 0.5) is 11.4 Å². The fourth-order valence-electron chi connectivity index (χ4n) is 1.38. The van der Waals surface area contributed by atoms with E-state index < -0.39 is 0 Å². The van der Waals surface area contributed by atoms with Crippen LogP contribution >= 0.6 is 0 Å². The van der Waals surface area contributed by atoms with Crippen molar-refractivity contribution in [2.45, 2.75) is 0 Å². The highest BCUT2D eigenvalue weighted by Gasteiger charge is 2.06. The van der Waals surface area contributed by atoms with Crippen LogP contribution in [-0.4, -0.2) is 10.2 Å². The van der Waals surface area contributed by atoms with Crippen molar-refractivity contribution in [1.29, 1.82) is 0 Å². The van der Waals surface area contributed by atoms with Gasteiger partial charge in [-0.1, -0.05) is 0 Å². The summed E-state index contributed by atoms with van der Waals surface area (Å²) in [7, 11) is 0. The van der Waals surface area contributed by atoms with Crippen LogP contribution in [0.1, 0.15) is 0 Å². The van der Waals surface area contributed by atoms with Gasteiger partial charge < -0.3 is 26.4 Å². The Hall–Kier alpha value is -2.56. The van der Waals surface area contributed by atoms with E-state index in [1.165, 1.54) is 36.4 Å². The Bertz CT molecular complexity index is 506. The molecule has 0 bridgehead atoms. The summed E-state index contributed by atoms with van der Waals surface area (Å²) >= 11 is 0. The second-order valence-electron chi connectivity index (χ2n) is 3.55. The molecule has 5 nitrogen and oxygen atoms in total. The van der Waals surface area contributed by atoms with Crippen LogP contribution < -0.4 is 16.2 Å². The van der Waals surface area contributed by atoms with Crippen molar-refractivity contribution in [2.24, 2.45) is 0 Å². The number of phenols is 2. The van der Waals surface area contributed by atoms with Gasteiger partial charge in [0.05, 0.1) is 11.4 Å². The lowest BCUT2D eigenvalue weighted by Gasteiger charge is -2.10. The van der Waals surface area contributed by atoms with Gasteiger partial charge in [-0.3, -0.25) is 0 Å². The van der Waals surface area contributed by atoms with E-state index >= 15 is 0 Å². The maximum absolute atomic E-state index is 9.20. The van der Waals surface area contributed by atoms with Gasteiger partial charge in [-0.15, -0.1) is 0 Å². The number of benzene rings is 2. The van der Waals surface area contributed by atoms with E-state index in [1.54, 1.807) is 0 Å². The summed E-state index contributed by atoms with van der Waals surface area (Å²) in [6.45, 7) is 0. The van der Waals surface area contributed by atoms with Crippen LogP contribution in [0.25, 0.3) is 0 Å². The smallest absolute Gasteiger partial charge is 0.150 e. The fourth-order valence-corrected chi connectivity index (χ4v) is 1.38. The molecule has 0 aliphatic heterocycles. The molecule has 17 heavy (non-hydrogen) atoms. The first-order valence-electron chi connectivity index (χ1n) is 4.91. The average Bonchev–Trinajstić information content (AvgIpc) is 2.25. The topological polar surface area (TPSA) is 102 Å². The molecule has 2 rings (SSSR count). The number of anilines is 2. The molecular formula is C12H12N2O3. The molecule has 2 aromatic carbocycles. The van der Waals surface area contributed by atoms with E-state index in [-0.39, 0.29) is 11.5 Å². The number of nitrogens with two attached hydrogens (primary N) is 2. The molecule has 0 spiro atoms. The maximum atomic E-state index is 9.20. The number of phenolic OH excluding ortho intramolecular Hbond substituents is 2. The Kier molecular flexibility index (Phi) is 2.66. The second-order valence-corrected chi connectivity index (χ2v) is 3.55. The molecule has 2 aromatic rings. The number of nitrogen functional groups attached to an aromatic ring is 2. The Morgan fingerprint density at radius 3 is 1.53 bits per heavy atom. The van der Waals surface area contributed by atoms with E-state index in [1.807, 2.05) is 0 Å². The molecule has 0 fully saturated rings. The van der Waals surface area contributed by atoms with Gasteiger partial charge in [-0.2, -0.15) is 0 Å². The van der Waals surface area contributed by atoms with E-state index in [2.05, 4.69) is 0 Å². The van der Waals surface area contributed by atoms with Crippen LogP contribution in [0.5, 0.6) is 23.0 Å². The quantitative estimate of drug-likeness (QED) is 0.593. The summed E-state index contributed by atoms with van der Waals surface area (Å²) in [5.74, 6) is 0.905. The molecule has 0 atom stereocenters. The normalized spacial score (nSPS) is 10.1. The van der Waals surface area contributed by atoms with Crippen LogP contribution in [0.15, 0.2) is 36.4 Å². The summed E-state index contributed by atoms with van der Waals surface area (Å²) < 4.78 is 5.48. The Labute approximate surface area is 97.9 Å². The molecule has 0 saturated heterocycles. The van der Waals surface area contributed by atoms with Crippen molar-refractivity contribution in [3.8, 4) is 23.0 Å². The van der Waals surface area contributed by atoms with E-state index in [0.29, 0.717) is 22.9 Å². The van der Waals surface area contributed by atoms with Crippen molar-refractivity contribution in [2.75, 3.05) is 11.5 Å². The average molecular weight is 232 g/mol. The number of rotatable bonds is 2. The van der Waals surface area contributed by atoms with Crippen molar-refractivity contribution >= 4 is 11.4 Å². The van der Waals surface area contributed by atoms with Gasteiger partial charge in [0.25, 0.3) is 0 Å². The lowest BCUT2D eigenvalue weighted by atomic mass is 10.2. The molecule has 0 saturated carbocycles. The summed E-state index contributed by atoms with van der Waals surface area (Å²) in [6, 6.07) is 8.76. The van der Waals surface area contributed by atoms with Crippen LogP contribution in [0.2, 0.25) is 0 Å². The van der Waals surface area contributed by atoms with Crippen molar-refractivity contribution in [3.63, 3.8) is 0 Å². The second kappa shape index (κ2) is 4.13. The van der Waals surface area contributed by atoms with Crippen molar-refractivity contribution < 1.29 is 14.9 Å². The molecule has 0 amide bonds. The first-order chi connectivity index (χ1) is 8.06. The third kappa shape index (κ3) is 2.34. The number of ether oxygens (including phenoxy) is 1. The standard InChI is InChI=1S/C12H12N2O3/c13-9-5-7(15)1-3-11(9)17-12-4-2-8(16)6-10(12)14/h1-6,15-16H,13-14H2. The third-order valence-electron chi connectivity index (χ3n) is 2.21. The highest BCUT2D eigenvalue weighted by atomic mass is 16.5. The summed E-state index contributed by atoms with van der Waals surface area (Å²) in [5, 5.41) is 18.4. The van der Waals surface area contributed by atoms with Gasteiger partial charge in [0.2, 0.25) is 0 Å². The minimum Gasteiger partial charge on any atom is -0.508 e. The molecule has 0 aliphatic carbocycles. The zero-order valence-electron chi connectivity index (χ0n) is 8.92. The van der Waals surface area contributed by atoms with E-state index in [0.717, 1.165) is 0 Å². The predicted octanol–water partition coefficient (Wildman–Crippen LogP) is 2.05. The zero-order valence-corrected chi connectivity index (χ0v) is 8.92. The Morgan fingerprint density at radius 1 is 0.765 bits per heavy atom. The van der Waals surface area contributed by atoms with Gasteiger partial charge in [-0.25, -0.2) is 0 Å². The monoisotopic (exact) mass is 232 g/mol. The molecule has 88 valence electrons. The first kappa shape index (κ1) is 10.9. The molecular weight excluding hydrogens is 220 g/mol. The van der Waals surface area contributed by atoms with Crippen molar-refractivity contribution in [3.05, 3.63) is 36.4 Å². The van der Waals surface area contributed by atoms with Crippen LogP contribution in [0.3, 0.4) is 0 Å². The van der Waals surface area contributed by atoms with Gasteiger partial charge in [0.1, 0.15) is 11.5 Å². The highest BCUT2D eigenvalue weighted by Crippen LogP contribution is 2.34. The first-order valence-corrected chi connectivity index (χ1v) is 4.91. The van der Waals surface area contributed by atoms with Crippen LogP contribution in [0, 0.1) is 0 Å². The summed E-state index contributed by atoms with van der Waals surface area (Å²) in [5.41, 5.74) is 12.0. The Morgan fingerprint density at radius 2 is 1.18 bits per heavy atom. The van der Waals surface area contributed by atoms with Crippen molar-refractivity contribution in [1.82, 2.24) is 0 Å². The zero-order chi connectivity index (χ0) is 12.4. The van der Waals surface area contributed by atoms with Gasteiger partial charge >= 0.3 is 0 Å². The minimum atomic E-state index is 0.0635. The molecule has 5 heteroatoms. The summed E-state index contributed by atoms with van der Waals surface area (Å²) in [4.78, 5) is 0. The molecule has 0 radical (unpaired) electrons. The molecule has 0 heterocycles. The van der Waals surface area contributed by atoms with E-state index in [4.69, 9.17) is 16.2 Å². The number of hydrogen-bond acceptors (Lipinski definition) is 5.